The van der Waals surface area contributed by atoms with Gasteiger partial charge < -0.3 is 15.2 Å². The zero-order valence-electron chi connectivity index (χ0n) is 19.8. The number of carbonyl (C=O) groups is 1. The molecule has 1 atom stereocenters. The number of aromatic amines is 1. The predicted octanol–water partition coefficient (Wildman–Crippen LogP) is 4.35. The van der Waals surface area contributed by atoms with E-state index in [0.717, 1.165) is 22.9 Å². The Kier molecular flexibility index (Phi) is 6.76. The highest BCUT2D eigenvalue weighted by Gasteiger charge is 2.29. The molecule has 5 rings (SSSR count). The zero-order valence-corrected chi connectivity index (χ0v) is 21.4. The van der Waals surface area contributed by atoms with E-state index in [1.54, 1.807) is 12.1 Å². The van der Waals surface area contributed by atoms with Crippen LogP contribution in [0.4, 0.5) is 11.4 Å². The number of primary sulfonamides is 1. The Morgan fingerprint density at radius 2 is 1.78 bits per heavy atom. The lowest BCUT2D eigenvalue weighted by molar-refractivity contribution is -0.120. The summed E-state index contributed by atoms with van der Waals surface area (Å²) < 4.78 is 23.0. The minimum atomic E-state index is -3.82. The number of nitrogens with two attached hydrogens (primary N) is 1. The molecule has 2 heterocycles. The summed E-state index contributed by atoms with van der Waals surface area (Å²) in [6.07, 6.45) is 1.39. The Hall–Kier alpha value is -3.66. The van der Waals surface area contributed by atoms with Crippen molar-refractivity contribution < 1.29 is 13.2 Å². The van der Waals surface area contributed by atoms with Crippen LogP contribution in [0.3, 0.4) is 0 Å². The number of hydrogen-bond donors (Lipinski definition) is 3. The SMILES string of the molecule is NS(=O)(=O)c1ccc(NC(=O)[C@@H]2CCCN(c3c(-c4ccccc4)c4cc(Cl)ccc4[nH]c3=O)C2)cc1. The third-order valence-electron chi connectivity index (χ3n) is 6.57. The van der Waals surface area contributed by atoms with E-state index < -0.39 is 10.0 Å². The Labute approximate surface area is 219 Å². The molecule has 0 aliphatic carbocycles. The smallest absolute Gasteiger partial charge is 0.272 e. The number of aromatic nitrogens is 1. The fourth-order valence-electron chi connectivity index (χ4n) is 4.82. The van der Waals surface area contributed by atoms with Gasteiger partial charge in [0.15, 0.2) is 0 Å². The summed E-state index contributed by atoms with van der Waals surface area (Å²) >= 11 is 6.33. The van der Waals surface area contributed by atoms with Crippen LogP contribution in [0.15, 0.2) is 82.5 Å². The molecule has 0 unspecified atom stereocenters. The van der Waals surface area contributed by atoms with E-state index in [1.165, 1.54) is 24.3 Å². The van der Waals surface area contributed by atoms with Crippen LogP contribution in [0.2, 0.25) is 5.02 Å². The van der Waals surface area contributed by atoms with E-state index in [-0.39, 0.29) is 22.3 Å². The summed E-state index contributed by atoms with van der Waals surface area (Å²) in [5, 5.41) is 9.40. The molecule has 37 heavy (non-hydrogen) atoms. The molecule has 1 amide bonds. The van der Waals surface area contributed by atoms with Crippen molar-refractivity contribution in [3.05, 3.63) is 88.2 Å². The van der Waals surface area contributed by atoms with Gasteiger partial charge in [0.1, 0.15) is 5.69 Å². The molecule has 1 aliphatic rings. The van der Waals surface area contributed by atoms with Crippen molar-refractivity contribution in [2.75, 3.05) is 23.3 Å². The van der Waals surface area contributed by atoms with Crippen LogP contribution in [0.5, 0.6) is 0 Å². The second-order valence-electron chi connectivity index (χ2n) is 9.08. The molecule has 1 saturated heterocycles. The lowest BCUT2D eigenvalue weighted by Crippen LogP contribution is -2.43. The molecule has 1 fully saturated rings. The van der Waals surface area contributed by atoms with Crippen molar-refractivity contribution in [1.29, 1.82) is 0 Å². The van der Waals surface area contributed by atoms with E-state index >= 15 is 0 Å². The molecule has 10 heteroatoms. The minimum absolute atomic E-state index is 0.0292. The number of anilines is 2. The number of H-pyrrole nitrogens is 1. The van der Waals surface area contributed by atoms with Gasteiger partial charge in [-0.05, 0) is 60.9 Å². The summed E-state index contributed by atoms with van der Waals surface area (Å²) in [5.74, 6) is -0.570. The number of hydrogen-bond acceptors (Lipinski definition) is 5. The number of fused-ring (bicyclic) bond motifs is 1. The third-order valence-corrected chi connectivity index (χ3v) is 7.74. The molecule has 0 saturated carbocycles. The van der Waals surface area contributed by atoms with Gasteiger partial charge in [0.05, 0.1) is 10.8 Å². The summed E-state index contributed by atoms with van der Waals surface area (Å²) in [7, 11) is -3.82. The molecule has 0 radical (unpaired) electrons. The number of nitrogens with one attached hydrogen (secondary N) is 2. The number of piperidine rings is 1. The monoisotopic (exact) mass is 536 g/mol. The topological polar surface area (TPSA) is 125 Å². The van der Waals surface area contributed by atoms with Crippen molar-refractivity contribution in [2.24, 2.45) is 11.1 Å². The Morgan fingerprint density at radius 1 is 1.05 bits per heavy atom. The maximum absolute atomic E-state index is 13.4. The number of amides is 1. The lowest BCUT2D eigenvalue weighted by atomic mass is 9.93. The van der Waals surface area contributed by atoms with Crippen LogP contribution in [0.1, 0.15) is 12.8 Å². The van der Waals surface area contributed by atoms with Crippen LogP contribution in [0.25, 0.3) is 22.0 Å². The second kappa shape index (κ2) is 10.0. The number of benzene rings is 3. The van der Waals surface area contributed by atoms with Gasteiger partial charge in [-0.15, -0.1) is 0 Å². The van der Waals surface area contributed by atoms with E-state index in [2.05, 4.69) is 10.3 Å². The standard InChI is InChI=1S/C27H25ClN4O4S/c28-19-8-13-23-22(15-19)24(17-5-2-1-3-6-17)25(27(34)31-23)32-14-4-7-18(16-32)26(33)30-20-9-11-21(12-10-20)37(29,35)36/h1-3,5-6,8-13,15,18H,4,7,14,16H2,(H,30,33)(H,31,34)(H2,29,35,36)/t18-/m1/s1. The molecule has 4 N–H and O–H groups in total. The van der Waals surface area contributed by atoms with E-state index in [1.807, 2.05) is 41.3 Å². The highest BCUT2D eigenvalue weighted by molar-refractivity contribution is 7.89. The molecule has 0 spiro atoms. The number of pyridine rings is 1. The fourth-order valence-corrected chi connectivity index (χ4v) is 5.51. The largest absolute Gasteiger partial charge is 0.366 e. The van der Waals surface area contributed by atoms with Crippen molar-refractivity contribution in [1.82, 2.24) is 4.98 Å². The van der Waals surface area contributed by atoms with Gasteiger partial charge in [-0.25, -0.2) is 13.6 Å². The first-order chi connectivity index (χ1) is 17.7. The number of rotatable bonds is 5. The first kappa shape index (κ1) is 25.0. The Morgan fingerprint density at radius 3 is 2.49 bits per heavy atom. The van der Waals surface area contributed by atoms with Crippen molar-refractivity contribution in [3.63, 3.8) is 0 Å². The molecular weight excluding hydrogens is 512 g/mol. The van der Waals surface area contributed by atoms with Gasteiger partial charge >= 0.3 is 0 Å². The molecule has 1 aliphatic heterocycles. The van der Waals surface area contributed by atoms with Gasteiger partial charge in [0.25, 0.3) is 5.56 Å². The van der Waals surface area contributed by atoms with Gasteiger partial charge in [-0.2, -0.15) is 0 Å². The van der Waals surface area contributed by atoms with E-state index in [4.69, 9.17) is 16.7 Å². The minimum Gasteiger partial charge on any atom is -0.366 e. The Balaban J connectivity index is 1.47. The number of nitrogens with zero attached hydrogens (tertiary/aromatic N) is 1. The van der Waals surface area contributed by atoms with Crippen LogP contribution in [-0.4, -0.2) is 32.4 Å². The van der Waals surface area contributed by atoms with Crippen molar-refractivity contribution in [3.8, 4) is 11.1 Å². The van der Waals surface area contributed by atoms with Crippen molar-refractivity contribution in [2.45, 2.75) is 17.7 Å². The molecule has 4 aromatic rings. The van der Waals surface area contributed by atoms with Gasteiger partial charge in [0.2, 0.25) is 15.9 Å². The fraction of sp³-hybridized carbons (Fsp3) is 0.185. The highest BCUT2D eigenvalue weighted by atomic mass is 35.5. The summed E-state index contributed by atoms with van der Waals surface area (Å²) in [5.41, 5.74) is 3.10. The maximum Gasteiger partial charge on any atom is 0.272 e. The first-order valence-corrected chi connectivity index (χ1v) is 13.7. The van der Waals surface area contributed by atoms with Crippen LogP contribution < -0.4 is 20.9 Å². The van der Waals surface area contributed by atoms with Crippen LogP contribution >= 0.6 is 11.6 Å². The number of halogens is 1. The predicted molar refractivity (Wildman–Crippen MR) is 146 cm³/mol. The molecule has 1 aromatic heterocycles. The summed E-state index contributed by atoms with van der Waals surface area (Å²) in [6, 6.07) is 20.8. The number of sulfonamides is 1. The molecule has 8 nitrogen and oxygen atoms in total. The quantitative estimate of drug-likeness (QED) is 0.349. The van der Waals surface area contributed by atoms with Gasteiger partial charge in [-0.1, -0.05) is 41.9 Å². The normalized spacial score (nSPS) is 16.1. The lowest BCUT2D eigenvalue weighted by Gasteiger charge is -2.34. The summed E-state index contributed by atoms with van der Waals surface area (Å²) in [4.78, 5) is 31.5. The number of carbonyl (C=O) groups excluding carboxylic acids is 1. The highest BCUT2D eigenvalue weighted by Crippen LogP contribution is 2.37. The first-order valence-electron chi connectivity index (χ1n) is 11.8. The maximum atomic E-state index is 13.4. The molecular formula is C27H25ClN4O4S. The van der Waals surface area contributed by atoms with E-state index in [0.29, 0.717) is 41.4 Å². The van der Waals surface area contributed by atoms with Crippen molar-refractivity contribution >= 4 is 49.8 Å². The third kappa shape index (κ3) is 5.24. The molecule has 3 aromatic carbocycles. The molecule has 190 valence electrons. The zero-order chi connectivity index (χ0) is 26.2. The summed E-state index contributed by atoms with van der Waals surface area (Å²) in [6.45, 7) is 0.984. The van der Waals surface area contributed by atoms with E-state index in [9.17, 15) is 18.0 Å². The van der Waals surface area contributed by atoms with Crippen LogP contribution in [0, 0.1) is 5.92 Å². The second-order valence-corrected chi connectivity index (χ2v) is 11.1. The Bertz CT molecular complexity index is 1640. The van der Waals surface area contributed by atoms with Crippen LogP contribution in [-0.2, 0) is 14.8 Å². The average molecular weight is 537 g/mol. The van der Waals surface area contributed by atoms with Gasteiger partial charge in [0, 0.05) is 40.3 Å². The average Bonchev–Trinajstić information content (AvgIpc) is 2.88. The molecule has 0 bridgehead atoms. The van der Waals surface area contributed by atoms with Gasteiger partial charge in [-0.3, -0.25) is 9.59 Å².